The van der Waals surface area contributed by atoms with Gasteiger partial charge >= 0.3 is 0 Å². The predicted octanol–water partition coefficient (Wildman–Crippen LogP) is 1.83. The van der Waals surface area contributed by atoms with E-state index in [1.807, 2.05) is 11.8 Å². The average Bonchev–Trinajstić information content (AvgIpc) is 3.29. The van der Waals surface area contributed by atoms with Gasteiger partial charge in [0.2, 0.25) is 5.88 Å². The van der Waals surface area contributed by atoms with Gasteiger partial charge in [0.1, 0.15) is 18.0 Å². The van der Waals surface area contributed by atoms with Crippen LogP contribution in [0.1, 0.15) is 30.1 Å². The molecule has 0 bridgehead atoms. The van der Waals surface area contributed by atoms with Gasteiger partial charge in [0.15, 0.2) is 0 Å². The standard InChI is InChI=1S/C20H26N6O2/c1-2-28-19-6-5-16(14-21-19)20(27)26-11-9-25(10-12-26)18-13-17(22-15-23-18)24-7-3-4-8-24/h5-6,13-15H,2-4,7-12H2,1H3. The Morgan fingerprint density at radius 1 is 0.964 bits per heavy atom. The van der Waals surface area contributed by atoms with Crippen LogP contribution in [0.2, 0.25) is 0 Å². The highest BCUT2D eigenvalue weighted by molar-refractivity contribution is 5.94. The summed E-state index contributed by atoms with van der Waals surface area (Å²) >= 11 is 0. The number of rotatable bonds is 5. The summed E-state index contributed by atoms with van der Waals surface area (Å²) in [7, 11) is 0. The first-order valence-electron chi connectivity index (χ1n) is 9.94. The molecule has 8 nitrogen and oxygen atoms in total. The summed E-state index contributed by atoms with van der Waals surface area (Å²) in [6.07, 6.45) is 5.68. The summed E-state index contributed by atoms with van der Waals surface area (Å²) in [5.41, 5.74) is 0.593. The third kappa shape index (κ3) is 4.00. The normalized spacial score (nSPS) is 17.1. The number of carbonyl (C=O) groups excluding carboxylic acids is 1. The summed E-state index contributed by atoms with van der Waals surface area (Å²) in [5.74, 6) is 2.49. The number of piperazine rings is 1. The number of hydrogen-bond acceptors (Lipinski definition) is 7. The van der Waals surface area contributed by atoms with Crippen molar-refractivity contribution in [2.75, 3.05) is 55.7 Å². The van der Waals surface area contributed by atoms with Crippen molar-refractivity contribution in [2.45, 2.75) is 19.8 Å². The third-order valence-electron chi connectivity index (χ3n) is 5.23. The molecule has 0 aromatic carbocycles. The van der Waals surface area contributed by atoms with Gasteiger partial charge in [-0.3, -0.25) is 4.79 Å². The molecule has 0 N–H and O–H groups in total. The molecule has 2 aromatic rings. The second-order valence-corrected chi connectivity index (χ2v) is 7.03. The summed E-state index contributed by atoms with van der Waals surface area (Å²) in [5, 5.41) is 0. The van der Waals surface area contributed by atoms with E-state index < -0.39 is 0 Å². The fourth-order valence-electron chi connectivity index (χ4n) is 3.69. The SMILES string of the molecule is CCOc1ccc(C(=O)N2CCN(c3cc(N4CCCC4)ncn3)CC2)cn1. The molecular formula is C20H26N6O2. The Hall–Kier alpha value is -2.90. The summed E-state index contributed by atoms with van der Waals surface area (Å²) < 4.78 is 5.34. The van der Waals surface area contributed by atoms with Crippen molar-refractivity contribution in [1.29, 1.82) is 0 Å². The zero-order valence-electron chi connectivity index (χ0n) is 16.3. The Balaban J connectivity index is 1.36. The van der Waals surface area contributed by atoms with Crippen molar-refractivity contribution in [3.8, 4) is 5.88 Å². The largest absolute Gasteiger partial charge is 0.478 e. The molecule has 2 aliphatic rings. The van der Waals surface area contributed by atoms with Gasteiger partial charge in [-0.15, -0.1) is 0 Å². The number of carbonyl (C=O) groups is 1. The van der Waals surface area contributed by atoms with Gasteiger partial charge in [-0.2, -0.15) is 0 Å². The Kier molecular flexibility index (Phi) is 5.55. The molecule has 0 aliphatic carbocycles. The van der Waals surface area contributed by atoms with E-state index in [0.717, 1.165) is 37.8 Å². The molecular weight excluding hydrogens is 356 g/mol. The maximum absolute atomic E-state index is 12.7. The van der Waals surface area contributed by atoms with Gasteiger partial charge in [-0.25, -0.2) is 15.0 Å². The molecule has 2 aromatic heterocycles. The lowest BCUT2D eigenvalue weighted by molar-refractivity contribution is 0.0746. The lowest BCUT2D eigenvalue weighted by atomic mass is 10.2. The molecule has 8 heteroatoms. The van der Waals surface area contributed by atoms with E-state index in [9.17, 15) is 4.79 Å². The zero-order chi connectivity index (χ0) is 19.3. The topological polar surface area (TPSA) is 74.7 Å². The van der Waals surface area contributed by atoms with Gasteiger partial charge < -0.3 is 19.4 Å². The molecule has 0 unspecified atom stereocenters. The summed E-state index contributed by atoms with van der Waals surface area (Å²) in [6.45, 7) is 7.43. The first-order chi connectivity index (χ1) is 13.7. The van der Waals surface area contributed by atoms with Crippen molar-refractivity contribution in [3.05, 3.63) is 36.3 Å². The predicted molar refractivity (Wildman–Crippen MR) is 107 cm³/mol. The highest BCUT2D eigenvalue weighted by atomic mass is 16.5. The number of nitrogens with zero attached hydrogens (tertiary/aromatic N) is 6. The fraction of sp³-hybridized carbons (Fsp3) is 0.500. The smallest absolute Gasteiger partial charge is 0.255 e. The molecule has 0 spiro atoms. The summed E-state index contributed by atoms with van der Waals surface area (Å²) in [4.78, 5) is 32.2. The Morgan fingerprint density at radius 3 is 2.25 bits per heavy atom. The van der Waals surface area contributed by atoms with E-state index in [-0.39, 0.29) is 5.91 Å². The van der Waals surface area contributed by atoms with Crippen LogP contribution in [0.5, 0.6) is 5.88 Å². The quantitative estimate of drug-likeness (QED) is 0.781. The Bertz CT molecular complexity index is 799. The van der Waals surface area contributed by atoms with E-state index in [0.29, 0.717) is 31.1 Å². The monoisotopic (exact) mass is 382 g/mol. The van der Waals surface area contributed by atoms with Gasteiger partial charge in [-0.05, 0) is 25.8 Å². The first kappa shape index (κ1) is 18.5. The molecule has 1 amide bonds. The fourth-order valence-corrected chi connectivity index (χ4v) is 3.69. The highest BCUT2D eigenvalue weighted by Gasteiger charge is 2.24. The molecule has 0 radical (unpaired) electrons. The Labute approximate surface area is 165 Å². The highest BCUT2D eigenvalue weighted by Crippen LogP contribution is 2.22. The lowest BCUT2D eigenvalue weighted by Gasteiger charge is -2.35. The van der Waals surface area contributed by atoms with Gasteiger partial charge in [0.25, 0.3) is 5.91 Å². The van der Waals surface area contributed by atoms with Crippen LogP contribution < -0.4 is 14.5 Å². The molecule has 2 saturated heterocycles. The lowest BCUT2D eigenvalue weighted by Crippen LogP contribution is -2.49. The van der Waals surface area contributed by atoms with Crippen molar-refractivity contribution < 1.29 is 9.53 Å². The van der Waals surface area contributed by atoms with Crippen LogP contribution in [0.3, 0.4) is 0 Å². The van der Waals surface area contributed by atoms with Crippen molar-refractivity contribution in [1.82, 2.24) is 19.9 Å². The molecule has 0 atom stereocenters. The molecule has 4 heterocycles. The molecule has 4 rings (SSSR count). The number of ether oxygens (including phenoxy) is 1. The minimum Gasteiger partial charge on any atom is -0.478 e. The van der Waals surface area contributed by atoms with Crippen LogP contribution in [0.15, 0.2) is 30.7 Å². The van der Waals surface area contributed by atoms with Crippen LogP contribution in [-0.4, -0.2) is 71.6 Å². The second-order valence-electron chi connectivity index (χ2n) is 7.03. The van der Waals surface area contributed by atoms with Crippen LogP contribution in [0.25, 0.3) is 0 Å². The van der Waals surface area contributed by atoms with Crippen molar-refractivity contribution in [3.63, 3.8) is 0 Å². The molecule has 28 heavy (non-hydrogen) atoms. The zero-order valence-corrected chi connectivity index (χ0v) is 16.3. The number of aromatic nitrogens is 3. The number of anilines is 2. The van der Waals surface area contributed by atoms with E-state index in [4.69, 9.17) is 4.74 Å². The van der Waals surface area contributed by atoms with Crippen LogP contribution in [0, 0.1) is 0 Å². The number of hydrogen-bond donors (Lipinski definition) is 0. The number of amides is 1. The van der Waals surface area contributed by atoms with E-state index in [2.05, 4.69) is 30.8 Å². The van der Waals surface area contributed by atoms with Gasteiger partial charge in [0, 0.05) is 57.6 Å². The van der Waals surface area contributed by atoms with E-state index in [1.54, 1.807) is 24.7 Å². The van der Waals surface area contributed by atoms with Gasteiger partial charge in [-0.1, -0.05) is 0 Å². The average molecular weight is 382 g/mol. The molecule has 148 valence electrons. The molecule has 0 saturated carbocycles. The third-order valence-corrected chi connectivity index (χ3v) is 5.23. The van der Waals surface area contributed by atoms with Crippen molar-refractivity contribution in [2.24, 2.45) is 0 Å². The van der Waals surface area contributed by atoms with Crippen LogP contribution in [-0.2, 0) is 0 Å². The maximum atomic E-state index is 12.7. The minimum atomic E-state index is 0.00985. The van der Waals surface area contributed by atoms with E-state index >= 15 is 0 Å². The number of pyridine rings is 1. The molecule has 2 fully saturated rings. The first-order valence-corrected chi connectivity index (χ1v) is 9.94. The van der Waals surface area contributed by atoms with Gasteiger partial charge in [0.05, 0.1) is 12.2 Å². The summed E-state index contributed by atoms with van der Waals surface area (Å²) in [6, 6.07) is 5.59. The molecule has 2 aliphatic heterocycles. The maximum Gasteiger partial charge on any atom is 0.255 e. The second kappa shape index (κ2) is 8.41. The van der Waals surface area contributed by atoms with Crippen LogP contribution >= 0.6 is 0 Å². The van der Waals surface area contributed by atoms with E-state index in [1.165, 1.54) is 12.8 Å². The van der Waals surface area contributed by atoms with Crippen LogP contribution in [0.4, 0.5) is 11.6 Å². The van der Waals surface area contributed by atoms with Crippen molar-refractivity contribution >= 4 is 17.5 Å². The minimum absolute atomic E-state index is 0.00985. The Morgan fingerprint density at radius 2 is 1.64 bits per heavy atom.